The molecule has 1 N–H and O–H groups in total. The molecule has 31 heavy (non-hydrogen) atoms. The SMILES string of the molecule is CCN(CCNC)c1ccc(-c2cc(OCC(C)(C)OC)cn3ncc(C#N)c23)cn1. The number of hydrogen-bond acceptors (Lipinski definition) is 7. The first-order valence-electron chi connectivity index (χ1n) is 10.4. The van der Waals surface area contributed by atoms with Crippen LogP contribution in [0, 0.1) is 11.3 Å². The van der Waals surface area contributed by atoms with Crippen molar-refractivity contribution in [1.29, 1.82) is 5.26 Å². The Morgan fingerprint density at radius 3 is 2.71 bits per heavy atom. The van der Waals surface area contributed by atoms with E-state index in [-0.39, 0.29) is 0 Å². The predicted octanol–water partition coefficient (Wildman–Crippen LogP) is 3.12. The summed E-state index contributed by atoms with van der Waals surface area (Å²) in [4.78, 5) is 6.89. The van der Waals surface area contributed by atoms with Gasteiger partial charge in [0.2, 0.25) is 0 Å². The molecular weight excluding hydrogens is 392 g/mol. The van der Waals surface area contributed by atoms with E-state index < -0.39 is 5.60 Å². The first-order chi connectivity index (χ1) is 14.9. The molecule has 0 atom stereocenters. The highest BCUT2D eigenvalue weighted by Gasteiger charge is 2.19. The lowest BCUT2D eigenvalue weighted by atomic mass is 10.1. The van der Waals surface area contributed by atoms with Crippen LogP contribution in [-0.4, -0.2) is 60.6 Å². The van der Waals surface area contributed by atoms with E-state index >= 15 is 0 Å². The number of pyridine rings is 2. The number of nitriles is 1. The lowest BCUT2D eigenvalue weighted by Gasteiger charge is -2.23. The lowest BCUT2D eigenvalue weighted by molar-refractivity contribution is -0.0147. The highest BCUT2D eigenvalue weighted by Crippen LogP contribution is 2.31. The summed E-state index contributed by atoms with van der Waals surface area (Å²) in [7, 11) is 3.60. The van der Waals surface area contributed by atoms with Crippen LogP contribution in [0.25, 0.3) is 16.6 Å². The van der Waals surface area contributed by atoms with E-state index in [1.807, 2.05) is 45.3 Å². The molecule has 0 spiro atoms. The maximum atomic E-state index is 9.56. The van der Waals surface area contributed by atoms with Gasteiger partial charge in [-0.15, -0.1) is 0 Å². The highest BCUT2D eigenvalue weighted by atomic mass is 16.5. The molecule has 0 amide bonds. The number of aromatic nitrogens is 3. The molecule has 8 nitrogen and oxygen atoms in total. The molecule has 0 aliphatic heterocycles. The van der Waals surface area contributed by atoms with Crippen LogP contribution < -0.4 is 15.0 Å². The Hall–Kier alpha value is -3.15. The van der Waals surface area contributed by atoms with Gasteiger partial charge in [-0.25, -0.2) is 9.50 Å². The van der Waals surface area contributed by atoms with Gasteiger partial charge in [0, 0.05) is 44.1 Å². The molecule has 3 heterocycles. The van der Waals surface area contributed by atoms with Crippen molar-refractivity contribution in [3.8, 4) is 22.9 Å². The molecule has 3 aromatic heterocycles. The van der Waals surface area contributed by atoms with Gasteiger partial charge in [-0.05, 0) is 46.0 Å². The quantitative estimate of drug-likeness (QED) is 0.537. The van der Waals surface area contributed by atoms with Gasteiger partial charge in [-0.2, -0.15) is 10.4 Å². The first-order valence-corrected chi connectivity index (χ1v) is 10.4. The number of ether oxygens (including phenoxy) is 2. The third kappa shape index (κ3) is 5.13. The summed E-state index contributed by atoms with van der Waals surface area (Å²) >= 11 is 0. The fourth-order valence-electron chi connectivity index (χ4n) is 3.21. The first kappa shape index (κ1) is 22.5. The molecule has 0 aromatic carbocycles. The largest absolute Gasteiger partial charge is 0.489 e. The zero-order valence-electron chi connectivity index (χ0n) is 18.8. The van der Waals surface area contributed by atoms with Crippen LogP contribution in [0.1, 0.15) is 26.3 Å². The average Bonchev–Trinajstić information content (AvgIpc) is 3.21. The third-order valence-electron chi connectivity index (χ3n) is 5.24. The minimum atomic E-state index is -0.419. The zero-order valence-corrected chi connectivity index (χ0v) is 18.8. The molecule has 8 heteroatoms. The Kier molecular flexibility index (Phi) is 7.10. The van der Waals surface area contributed by atoms with Crippen LogP contribution in [0.5, 0.6) is 5.75 Å². The van der Waals surface area contributed by atoms with Gasteiger partial charge < -0.3 is 19.7 Å². The number of nitrogens with zero attached hydrogens (tertiary/aromatic N) is 5. The van der Waals surface area contributed by atoms with Gasteiger partial charge in [0.1, 0.15) is 24.2 Å². The molecule has 0 fully saturated rings. The Morgan fingerprint density at radius 1 is 1.29 bits per heavy atom. The molecule has 0 saturated heterocycles. The fourth-order valence-corrected chi connectivity index (χ4v) is 3.21. The molecule has 0 saturated carbocycles. The van der Waals surface area contributed by atoms with Gasteiger partial charge in [0.15, 0.2) is 0 Å². The summed E-state index contributed by atoms with van der Waals surface area (Å²) in [6.07, 6.45) is 5.19. The number of likely N-dealkylation sites (N-methyl/N-ethyl adjacent to an activating group) is 2. The molecule has 3 rings (SSSR count). The Bertz CT molecular complexity index is 1050. The Labute approximate surface area is 183 Å². The van der Waals surface area contributed by atoms with Crippen LogP contribution in [-0.2, 0) is 4.74 Å². The van der Waals surface area contributed by atoms with Gasteiger partial charge in [-0.1, -0.05) is 0 Å². The number of anilines is 1. The number of methoxy groups -OCH3 is 1. The smallest absolute Gasteiger partial charge is 0.138 e. The summed E-state index contributed by atoms with van der Waals surface area (Å²) in [6.45, 7) is 9.06. The van der Waals surface area contributed by atoms with E-state index in [1.165, 1.54) is 0 Å². The van der Waals surface area contributed by atoms with Crippen molar-refractivity contribution in [2.45, 2.75) is 26.4 Å². The van der Waals surface area contributed by atoms with E-state index in [0.29, 0.717) is 17.9 Å². The minimum absolute atomic E-state index is 0.384. The second-order valence-corrected chi connectivity index (χ2v) is 7.89. The zero-order chi connectivity index (χ0) is 22.4. The van der Waals surface area contributed by atoms with Crippen LogP contribution >= 0.6 is 0 Å². The predicted molar refractivity (Wildman–Crippen MR) is 122 cm³/mol. The second-order valence-electron chi connectivity index (χ2n) is 7.89. The van der Waals surface area contributed by atoms with Gasteiger partial charge in [0.05, 0.1) is 29.1 Å². The van der Waals surface area contributed by atoms with Crippen LogP contribution in [0.4, 0.5) is 5.82 Å². The second kappa shape index (κ2) is 9.77. The minimum Gasteiger partial charge on any atom is -0.489 e. The van der Waals surface area contributed by atoms with E-state index in [4.69, 9.17) is 9.47 Å². The summed E-state index contributed by atoms with van der Waals surface area (Å²) < 4.78 is 13.1. The van der Waals surface area contributed by atoms with Crippen molar-refractivity contribution in [1.82, 2.24) is 19.9 Å². The molecule has 0 aliphatic rings. The molecule has 0 unspecified atom stereocenters. The summed E-state index contributed by atoms with van der Waals surface area (Å²) in [6, 6.07) is 8.19. The lowest BCUT2D eigenvalue weighted by Crippen LogP contribution is -2.31. The standard InChI is InChI=1S/C23H30N6O2/c1-6-28(10-9-25-4)21-8-7-17(13-26-21)20-11-19(31-16-23(2,3)30-5)15-29-22(20)18(12-24)14-27-29/h7-8,11,13-15,25H,6,9-10,16H2,1-5H3. The maximum absolute atomic E-state index is 9.56. The number of fused-ring (bicyclic) bond motifs is 1. The monoisotopic (exact) mass is 422 g/mol. The maximum Gasteiger partial charge on any atom is 0.138 e. The Balaban J connectivity index is 1.99. The molecule has 3 aromatic rings. The van der Waals surface area contributed by atoms with Crippen molar-refractivity contribution >= 4 is 11.3 Å². The molecule has 0 aliphatic carbocycles. The van der Waals surface area contributed by atoms with Crippen molar-refractivity contribution < 1.29 is 9.47 Å². The van der Waals surface area contributed by atoms with E-state index in [0.717, 1.165) is 42.1 Å². The fraction of sp³-hybridized carbons (Fsp3) is 0.435. The summed E-state index contributed by atoms with van der Waals surface area (Å²) in [5, 5.41) is 17.1. The van der Waals surface area contributed by atoms with E-state index in [2.05, 4.69) is 33.3 Å². The number of nitrogens with one attached hydrogen (secondary N) is 1. The average molecular weight is 423 g/mol. The number of hydrogen-bond donors (Lipinski definition) is 1. The summed E-state index contributed by atoms with van der Waals surface area (Å²) in [5.41, 5.74) is 2.56. The normalized spacial score (nSPS) is 11.5. The third-order valence-corrected chi connectivity index (χ3v) is 5.24. The van der Waals surface area contributed by atoms with Gasteiger partial charge >= 0.3 is 0 Å². The molecular formula is C23H30N6O2. The van der Waals surface area contributed by atoms with E-state index in [9.17, 15) is 5.26 Å². The highest BCUT2D eigenvalue weighted by molar-refractivity contribution is 5.85. The van der Waals surface area contributed by atoms with Crippen LogP contribution in [0.3, 0.4) is 0 Å². The van der Waals surface area contributed by atoms with E-state index in [1.54, 1.807) is 24.0 Å². The Morgan fingerprint density at radius 2 is 2.10 bits per heavy atom. The van der Waals surface area contributed by atoms with Crippen molar-refractivity contribution in [3.05, 3.63) is 42.4 Å². The number of rotatable bonds is 10. The molecule has 0 bridgehead atoms. The molecule has 0 radical (unpaired) electrons. The van der Waals surface area contributed by atoms with Crippen LogP contribution in [0.15, 0.2) is 36.8 Å². The van der Waals surface area contributed by atoms with Gasteiger partial charge in [-0.3, -0.25) is 0 Å². The van der Waals surface area contributed by atoms with Gasteiger partial charge in [0.25, 0.3) is 0 Å². The van der Waals surface area contributed by atoms with Crippen molar-refractivity contribution in [2.24, 2.45) is 0 Å². The topological polar surface area (TPSA) is 87.7 Å². The molecule has 164 valence electrons. The summed E-state index contributed by atoms with van der Waals surface area (Å²) in [5.74, 6) is 1.56. The van der Waals surface area contributed by atoms with Crippen LogP contribution in [0.2, 0.25) is 0 Å². The van der Waals surface area contributed by atoms with Crippen molar-refractivity contribution in [3.63, 3.8) is 0 Å². The van der Waals surface area contributed by atoms with Crippen molar-refractivity contribution in [2.75, 3.05) is 45.3 Å².